The molecule has 1 aromatic rings. The van der Waals surface area contributed by atoms with Gasteiger partial charge < -0.3 is 5.11 Å². The monoisotopic (exact) mass is 200 g/mol. The van der Waals surface area contributed by atoms with Gasteiger partial charge in [0.05, 0.1) is 10.7 Å². The largest absolute Gasteiger partial charge is 0.480 e. The minimum atomic E-state index is -0.865. The van der Waals surface area contributed by atoms with E-state index in [1.54, 1.807) is 24.4 Å². The number of carbonyl (C=O) groups is 1. The number of nitrogens with zero attached hydrogens (tertiary/aromatic N) is 2. The Morgan fingerprint density at radius 3 is 2.62 bits per heavy atom. The van der Waals surface area contributed by atoms with E-state index in [2.05, 4.69) is 4.98 Å². The summed E-state index contributed by atoms with van der Waals surface area (Å²) in [6.07, 6.45) is 0. The predicted octanol–water partition coefficient (Wildman–Crippen LogP) is 1.14. The smallest absolute Gasteiger partial charge is 0.327 e. The van der Waals surface area contributed by atoms with Crippen LogP contribution in [-0.2, 0) is 4.79 Å². The molecule has 0 radical (unpaired) electrons. The van der Waals surface area contributed by atoms with Crippen LogP contribution in [0.4, 0.5) is 0 Å². The Balaban J connectivity index is 2.95. The third kappa shape index (κ3) is 2.26. The number of hydrogen-bond donors (Lipinski definition) is 1. The summed E-state index contributed by atoms with van der Waals surface area (Å²) < 4.78 is 0. The van der Waals surface area contributed by atoms with Crippen molar-refractivity contribution in [1.29, 1.82) is 0 Å². The van der Waals surface area contributed by atoms with E-state index in [-0.39, 0.29) is 0 Å². The second kappa shape index (κ2) is 3.85. The van der Waals surface area contributed by atoms with Gasteiger partial charge >= 0.3 is 5.97 Å². The topological polar surface area (TPSA) is 53.4 Å². The Morgan fingerprint density at radius 1 is 1.69 bits per heavy atom. The number of thiazole rings is 1. The zero-order chi connectivity index (χ0) is 10.0. The highest BCUT2D eigenvalue weighted by molar-refractivity contribution is 7.09. The lowest BCUT2D eigenvalue weighted by Crippen LogP contribution is -2.27. The lowest BCUT2D eigenvalue weighted by molar-refractivity contribution is -0.142. The number of hydrogen-bond acceptors (Lipinski definition) is 4. The van der Waals surface area contributed by atoms with Crippen molar-refractivity contribution in [2.24, 2.45) is 0 Å². The molecule has 13 heavy (non-hydrogen) atoms. The Hall–Kier alpha value is -0.940. The fraction of sp³-hybridized carbons (Fsp3) is 0.500. The molecule has 1 N–H and O–H groups in total. The highest BCUT2D eigenvalue weighted by Gasteiger charge is 2.24. The van der Waals surface area contributed by atoms with E-state index in [0.717, 1.165) is 5.01 Å². The Kier molecular flexibility index (Phi) is 3.00. The van der Waals surface area contributed by atoms with Crippen LogP contribution in [0, 0.1) is 6.92 Å². The molecule has 0 fully saturated rings. The highest BCUT2D eigenvalue weighted by Crippen LogP contribution is 2.20. The molecule has 0 bridgehead atoms. The fourth-order valence-corrected chi connectivity index (χ4v) is 1.75. The number of carboxylic acids is 1. The van der Waals surface area contributed by atoms with Crippen LogP contribution in [0.15, 0.2) is 5.38 Å². The summed E-state index contributed by atoms with van der Waals surface area (Å²) in [5.41, 5.74) is 0.611. The Morgan fingerprint density at radius 2 is 2.31 bits per heavy atom. The molecule has 4 nitrogen and oxygen atoms in total. The fourth-order valence-electron chi connectivity index (χ4n) is 1.12. The van der Waals surface area contributed by atoms with Gasteiger partial charge in [-0.2, -0.15) is 0 Å². The van der Waals surface area contributed by atoms with Crippen molar-refractivity contribution in [2.75, 3.05) is 14.1 Å². The molecule has 1 rings (SSSR count). The molecular weight excluding hydrogens is 188 g/mol. The van der Waals surface area contributed by atoms with Gasteiger partial charge in [0.2, 0.25) is 0 Å². The normalized spacial score (nSPS) is 13.2. The molecule has 72 valence electrons. The maximum absolute atomic E-state index is 10.9. The first kappa shape index (κ1) is 10.1. The van der Waals surface area contributed by atoms with Crippen LogP contribution in [0.2, 0.25) is 0 Å². The summed E-state index contributed by atoms with van der Waals surface area (Å²) >= 11 is 1.47. The molecule has 0 spiro atoms. The first-order valence-corrected chi connectivity index (χ1v) is 4.71. The zero-order valence-electron chi connectivity index (χ0n) is 7.81. The molecule has 0 saturated carbocycles. The molecule has 0 saturated heterocycles. The van der Waals surface area contributed by atoms with Gasteiger partial charge in [-0.25, -0.2) is 4.98 Å². The zero-order valence-corrected chi connectivity index (χ0v) is 8.63. The van der Waals surface area contributed by atoms with Crippen LogP contribution < -0.4 is 0 Å². The number of aryl methyl sites for hydroxylation is 1. The lowest BCUT2D eigenvalue weighted by atomic mass is 10.2. The van der Waals surface area contributed by atoms with E-state index in [0.29, 0.717) is 5.69 Å². The summed E-state index contributed by atoms with van der Waals surface area (Å²) in [7, 11) is 3.46. The molecule has 5 heteroatoms. The van der Waals surface area contributed by atoms with Gasteiger partial charge in [0, 0.05) is 5.38 Å². The van der Waals surface area contributed by atoms with E-state index < -0.39 is 12.0 Å². The summed E-state index contributed by atoms with van der Waals surface area (Å²) in [4.78, 5) is 16.7. The molecule has 0 aliphatic rings. The van der Waals surface area contributed by atoms with E-state index in [4.69, 9.17) is 5.11 Å². The summed E-state index contributed by atoms with van der Waals surface area (Å²) in [5, 5.41) is 11.6. The van der Waals surface area contributed by atoms with Gasteiger partial charge in [0.1, 0.15) is 0 Å². The van der Waals surface area contributed by atoms with E-state index >= 15 is 0 Å². The molecule has 0 aromatic carbocycles. The SMILES string of the molecule is Cc1nc([C@H](C(=O)O)N(C)C)cs1. The van der Waals surface area contributed by atoms with Crippen molar-refractivity contribution in [3.05, 3.63) is 16.1 Å². The van der Waals surface area contributed by atoms with Crippen molar-refractivity contribution < 1.29 is 9.90 Å². The van der Waals surface area contributed by atoms with Gasteiger partial charge in [-0.05, 0) is 21.0 Å². The molecule has 1 heterocycles. The maximum atomic E-state index is 10.9. The minimum absolute atomic E-state index is 0.611. The van der Waals surface area contributed by atoms with Gasteiger partial charge in [0.15, 0.2) is 6.04 Å². The van der Waals surface area contributed by atoms with Crippen molar-refractivity contribution >= 4 is 17.3 Å². The molecule has 0 aliphatic heterocycles. The Labute approximate surface area is 80.8 Å². The maximum Gasteiger partial charge on any atom is 0.327 e. The van der Waals surface area contributed by atoms with Crippen molar-refractivity contribution in [1.82, 2.24) is 9.88 Å². The van der Waals surface area contributed by atoms with E-state index in [9.17, 15) is 4.79 Å². The first-order chi connectivity index (χ1) is 6.02. The quantitative estimate of drug-likeness (QED) is 0.795. The van der Waals surface area contributed by atoms with Crippen molar-refractivity contribution in [3.8, 4) is 0 Å². The molecule has 1 atom stereocenters. The second-order valence-corrected chi connectivity index (χ2v) is 4.06. The highest BCUT2D eigenvalue weighted by atomic mass is 32.1. The third-order valence-corrected chi connectivity index (χ3v) is 2.46. The summed E-state index contributed by atoms with van der Waals surface area (Å²) in [5.74, 6) is -0.865. The lowest BCUT2D eigenvalue weighted by Gasteiger charge is -2.17. The van der Waals surface area contributed by atoms with Crippen LogP contribution in [0.25, 0.3) is 0 Å². The minimum Gasteiger partial charge on any atom is -0.480 e. The number of carboxylic acid groups (broad SMARTS) is 1. The van der Waals surface area contributed by atoms with Crippen LogP contribution in [0.5, 0.6) is 0 Å². The van der Waals surface area contributed by atoms with Gasteiger partial charge in [-0.1, -0.05) is 0 Å². The van der Waals surface area contributed by atoms with Crippen molar-refractivity contribution in [2.45, 2.75) is 13.0 Å². The predicted molar refractivity (Wildman–Crippen MR) is 50.9 cm³/mol. The van der Waals surface area contributed by atoms with E-state index in [1.165, 1.54) is 11.3 Å². The van der Waals surface area contributed by atoms with Crippen LogP contribution in [0.1, 0.15) is 16.7 Å². The summed E-state index contributed by atoms with van der Waals surface area (Å²) in [6, 6.07) is -0.634. The van der Waals surface area contributed by atoms with Crippen LogP contribution >= 0.6 is 11.3 Å². The van der Waals surface area contributed by atoms with Gasteiger partial charge in [0.25, 0.3) is 0 Å². The molecular formula is C8H12N2O2S. The molecule has 0 amide bonds. The molecule has 0 unspecified atom stereocenters. The van der Waals surface area contributed by atoms with Crippen molar-refractivity contribution in [3.63, 3.8) is 0 Å². The number of aromatic nitrogens is 1. The average molecular weight is 200 g/mol. The number of aliphatic carboxylic acids is 1. The van der Waals surface area contributed by atoms with E-state index in [1.807, 2.05) is 6.92 Å². The average Bonchev–Trinajstić information content (AvgIpc) is 2.34. The first-order valence-electron chi connectivity index (χ1n) is 3.83. The molecule has 1 aromatic heterocycles. The van der Waals surface area contributed by atoms with Gasteiger partial charge in [-0.15, -0.1) is 11.3 Å². The number of rotatable bonds is 3. The molecule has 0 aliphatic carbocycles. The van der Waals surface area contributed by atoms with Crippen LogP contribution in [0.3, 0.4) is 0 Å². The van der Waals surface area contributed by atoms with Crippen LogP contribution in [-0.4, -0.2) is 35.1 Å². The number of likely N-dealkylation sites (N-methyl/N-ethyl adjacent to an activating group) is 1. The summed E-state index contributed by atoms with van der Waals surface area (Å²) in [6.45, 7) is 1.86. The Bertz CT molecular complexity index is 309. The second-order valence-electron chi connectivity index (χ2n) is 3.00. The van der Waals surface area contributed by atoms with Gasteiger partial charge in [-0.3, -0.25) is 9.69 Å². The third-order valence-electron chi connectivity index (χ3n) is 1.67. The standard InChI is InChI=1S/C8H12N2O2S/c1-5-9-6(4-13-5)7(8(11)12)10(2)3/h4,7H,1-3H3,(H,11,12)/t7-/m1/s1.